The summed E-state index contributed by atoms with van der Waals surface area (Å²) >= 11 is 0. The van der Waals surface area contributed by atoms with Crippen molar-refractivity contribution in [2.45, 2.75) is 40.7 Å². The molecular formula is C18H21N. The highest BCUT2D eigenvalue weighted by atomic mass is 15.0. The van der Waals surface area contributed by atoms with Crippen LogP contribution in [0.4, 0.5) is 0 Å². The van der Waals surface area contributed by atoms with Crippen molar-refractivity contribution in [1.82, 2.24) is 4.57 Å². The van der Waals surface area contributed by atoms with Crippen LogP contribution in [0.3, 0.4) is 0 Å². The van der Waals surface area contributed by atoms with Crippen LogP contribution in [0.2, 0.25) is 0 Å². The van der Waals surface area contributed by atoms with Crippen LogP contribution in [-0.4, -0.2) is 4.57 Å². The van der Waals surface area contributed by atoms with E-state index in [1.165, 1.54) is 38.5 Å². The van der Waals surface area contributed by atoms with Crippen molar-refractivity contribution in [3.05, 3.63) is 47.0 Å². The Morgan fingerprint density at radius 3 is 2.11 bits per heavy atom. The molecule has 0 spiro atoms. The number of hydrogen-bond donors (Lipinski definition) is 0. The minimum atomic E-state index is 0.476. The predicted octanol–water partition coefficient (Wildman–Crippen LogP) is 5.30. The van der Waals surface area contributed by atoms with Gasteiger partial charge in [-0.25, -0.2) is 0 Å². The maximum Gasteiger partial charge on any atom is 0.0496 e. The molecule has 1 heterocycles. The maximum atomic E-state index is 2.46. The Morgan fingerprint density at radius 1 is 0.789 bits per heavy atom. The summed E-state index contributed by atoms with van der Waals surface area (Å²) < 4.78 is 2.46. The molecule has 0 fully saturated rings. The lowest BCUT2D eigenvalue weighted by Gasteiger charge is -2.12. The first-order chi connectivity index (χ1) is 8.99. The van der Waals surface area contributed by atoms with E-state index in [0.717, 1.165) is 0 Å². The Bertz CT molecular complexity index is 775. The fourth-order valence-electron chi connectivity index (χ4n) is 2.97. The molecule has 0 aliphatic rings. The van der Waals surface area contributed by atoms with Crippen LogP contribution in [0.5, 0.6) is 0 Å². The third-order valence-corrected chi connectivity index (χ3v) is 4.09. The van der Waals surface area contributed by atoms with Crippen LogP contribution in [0.25, 0.3) is 21.8 Å². The number of fused-ring (bicyclic) bond motifs is 3. The van der Waals surface area contributed by atoms with E-state index in [4.69, 9.17) is 0 Å². The van der Waals surface area contributed by atoms with Crippen molar-refractivity contribution < 1.29 is 0 Å². The molecule has 0 N–H and O–H groups in total. The highest BCUT2D eigenvalue weighted by Gasteiger charge is 2.13. The summed E-state index contributed by atoms with van der Waals surface area (Å²) in [4.78, 5) is 0. The molecule has 1 heteroatoms. The fraction of sp³-hybridized carbons (Fsp3) is 0.333. The molecule has 2 aromatic carbocycles. The molecule has 19 heavy (non-hydrogen) atoms. The molecule has 0 saturated heterocycles. The van der Waals surface area contributed by atoms with Crippen LogP contribution < -0.4 is 0 Å². The Morgan fingerprint density at radius 2 is 1.42 bits per heavy atom. The van der Waals surface area contributed by atoms with E-state index in [1.54, 1.807) is 0 Å². The van der Waals surface area contributed by atoms with Gasteiger partial charge in [-0.2, -0.15) is 0 Å². The van der Waals surface area contributed by atoms with Gasteiger partial charge in [-0.05, 0) is 69.5 Å². The largest absolute Gasteiger partial charge is 0.338 e. The van der Waals surface area contributed by atoms with Gasteiger partial charge >= 0.3 is 0 Å². The normalized spacial score (nSPS) is 11.9. The predicted molar refractivity (Wildman–Crippen MR) is 84.0 cm³/mol. The van der Waals surface area contributed by atoms with Crippen molar-refractivity contribution in [3.63, 3.8) is 0 Å². The molecule has 1 aromatic heterocycles. The van der Waals surface area contributed by atoms with E-state index in [0.29, 0.717) is 6.04 Å². The Balaban J connectivity index is 2.57. The topological polar surface area (TPSA) is 4.93 Å². The molecule has 3 rings (SSSR count). The smallest absolute Gasteiger partial charge is 0.0496 e. The Hall–Kier alpha value is -1.76. The highest BCUT2D eigenvalue weighted by Crippen LogP contribution is 2.33. The van der Waals surface area contributed by atoms with Gasteiger partial charge in [-0.3, -0.25) is 0 Å². The molecule has 0 bridgehead atoms. The van der Waals surface area contributed by atoms with E-state index in [9.17, 15) is 0 Å². The van der Waals surface area contributed by atoms with Gasteiger partial charge in [-0.15, -0.1) is 0 Å². The molecule has 0 radical (unpaired) electrons. The second-order valence-corrected chi connectivity index (χ2v) is 5.94. The molecule has 0 unspecified atom stereocenters. The summed E-state index contributed by atoms with van der Waals surface area (Å²) in [6, 6.07) is 11.9. The average Bonchev–Trinajstić information content (AvgIpc) is 2.62. The molecule has 0 aliphatic carbocycles. The quantitative estimate of drug-likeness (QED) is 0.553. The number of aryl methyl sites for hydroxylation is 3. The van der Waals surface area contributed by atoms with Crippen LogP contribution in [0.15, 0.2) is 30.3 Å². The highest BCUT2D eigenvalue weighted by molar-refractivity contribution is 6.08. The van der Waals surface area contributed by atoms with Crippen molar-refractivity contribution in [1.29, 1.82) is 0 Å². The SMILES string of the molecule is Cc1ccc2c3cc(C)c(C)cc3n(C(C)C)c2c1. The summed E-state index contributed by atoms with van der Waals surface area (Å²) in [6.07, 6.45) is 0. The van der Waals surface area contributed by atoms with E-state index < -0.39 is 0 Å². The summed E-state index contributed by atoms with van der Waals surface area (Å²) in [5, 5.41) is 2.75. The minimum absolute atomic E-state index is 0.476. The molecule has 0 atom stereocenters. The lowest BCUT2D eigenvalue weighted by Crippen LogP contribution is -2.00. The van der Waals surface area contributed by atoms with Crippen LogP contribution in [0.1, 0.15) is 36.6 Å². The van der Waals surface area contributed by atoms with Gasteiger partial charge in [0.2, 0.25) is 0 Å². The van der Waals surface area contributed by atoms with Crippen molar-refractivity contribution >= 4 is 21.8 Å². The van der Waals surface area contributed by atoms with Gasteiger partial charge in [0, 0.05) is 27.8 Å². The van der Waals surface area contributed by atoms with Crippen LogP contribution in [-0.2, 0) is 0 Å². The Kier molecular flexibility index (Phi) is 2.67. The molecule has 98 valence electrons. The van der Waals surface area contributed by atoms with E-state index in [1.807, 2.05) is 0 Å². The number of nitrogens with zero attached hydrogens (tertiary/aromatic N) is 1. The monoisotopic (exact) mass is 251 g/mol. The zero-order valence-corrected chi connectivity index (χ0v) is 12.4. The molecule has 1 nitrogen and oxygen atoms in total. The number of hydrogen-bond acceptors (Lipinski definition) is 0. The van der Waals surface area contributed by atoms with E-state index in [-0.39, 0.29) is 0 Å². The number of aromatic nitrogens is 1. The number of benzene rings is 2. The second-order valence-electron chi connectivity index (χ2n) is 5.94. The zero-order valence-electron chi connectivity index (χ0n) is 12.4. The molecule has 0 amide bonds. The first-order valence-electron chi connectivity index (χ1n) is 7.00. The fourth-order valence-corrected chi connectivity index (χ4v) is 2.97. The van der Waals surface area contributed by atoms with E-state index >= 15 is 0 Å². The zero-order chi connectivity index (χ0) is 13.7. The van der Waals surface area contributed by atoms with Crippen molar-refractivity contribution in [3.8, 4) is 0 Å². The van der Waals surface area contributed by atoms with Gasteiger partial charge < -0.3 is 4.57 Å². The van der Waals surface area contributed by atoms with Crippen molar-refractivity contribution in [2.24, 2.45) is 0 Å². The maximum absolute atomic E-state index is 2.46. The second kappa shape index (κ2) is 4.12. The molecular weight excluding hydrogens is 230 g/mol. The third-order valence-electron chi connectivity index (χ3n) is 4.09. The molecule has 3 aromatic rings. The van der Waals surface area contributed by atoms with Crippen molar-refractivity contribution in [2.75, 3.05) is 0 Å². The summed E-state index contributed by atoms with van der Waals surface area (Å²) in [5.41, 5.74) is 6.78. The summed E-state index contributed by atoms with van der Waals surface area (Å²) in [6.45, 7) is 11.1. The average molecular weight is 251 g/mol. The van der Waals surface area contributed by atoms with Crippen LogP contribution >= 0.6 is 0 Å². The summed E-state index contributed by atoms with van der Waals surface area (Å²) in [5.74, 6) is 0. The third kappa shape index (κ3) is 1.76. The first kappa shape index (κ1) is 12.3. The molecule has 0 aliphatic heterocycles. The van der Waals surface area contributed by atoms with Gasteiger partial charge in [-0.1, -0.05) is 12.1 Å². The standard InChI is InChI=1S/C18H21N/c1-11(2)19-17-8-12(3)6-7-15(17)16-9-13(4)14(5)10-18(16)19/h6-11H,1-5H3. The summed E-state index contributed by atoms with van der Waals surface area (Å²) in [7, 11) is 0. The molecule has 0 saturated carbocycles. The van der Waals surface area contributed by atoms with Gasteiger partial charge in [0.25, 0.3) is 0 Å². The lowest BCUT2D eigenvalue weighted by atomic mass is 10.0. The minimum Gasteiger partial charge on any atom is -0.338 e. The van der Waals surface area contributed by atoms with Gasteiger partial charge in [0.15, 0.2) is 0 Å². The van der Waals surface area contributed by atoms with Gasteiger partial charge in [0.05, 0.1) is 0 Å². The Labute approximate surface area is 114 Å². The van der Waals surface area contributed by atoms with Gasteiger partial charge in [0.1, 0.15) is 0 Å². The first-order valence-corrected chi connectivity index (χ1v) is 7.00. The number of rotatable bonds is 1. The lowest BCUT2D eigenvalue weighted by molar-refractivity contribution is 0.642. The van der Waals surface area contributed by atoms with Crippen LogP contribution in [0, 0.1) is 20.8 Å². The van der Waals surface area contributed by atoms with E-state index in [2.05, 4.69) is 69.5 Å².